The molecule has 1 atom stereocenters. The first-order valence-electron chi connectivity index (χ1n) is 9.43. The van der Waals surface area contributed by atoms with Crippen LogP contribution in [-0.2, 0) is 6.18 Å². The van der Waals surface area contributed by atoms with E-state index in [4.69, 9.17) is 16.7 Å². The van der Waals surface area contributed by atoms with Crippen LogP contribution >= 0.6 is 11.6 Å². The van der Waals surface area contributed by atoms with Crippen LogP contribution in [0.4, 0.5) is 24.5 Å². The summed E-state index contributed by atoms with van der Waals surface area (Å²) in [4.78, 5) is 29.0. The Hall–Kier alpha value is -3.47. The van der Waals surface area contributed by atoms with Gasteiger partial charge in [-0.05, 0) is 48.5 Å². The summed E-state index contributed by atoms with van der Waals surface area (Å²) in [5.41, 5.74) is -0.528. The van der Waals surface area contributed by atoms with Gasteiger partial charge in [0.25, 0.3) is 11.8 Å². The number of alkyl halides is 3. The molecule has 33 heavy (non-hydrogen) atoms. The molecular weight excluding hydrogens is 463 g/mol. The van der Waals surface area contributed by atoms with Crippen molar-refractivity contribution in [3.63, 3.8) is 0 Å². The molecular formula is C22H17ClF3N3O4. The number of nitrogens with one attached hydrogen (secondary N) is 2. The van der Waals surface area contributed by atoms with Gasteiger partial charge in [-0.1, -0.05) is 17.7 Å². The van der Waals surface area contributed by atoms with Crippen molar-refractivity contribution >= 4 is 34.8 Å². The predicted molar refractivity (Wildman–Crippen MR) is 115 cm³/mol. The van der Waals surface area contributed by atoms with Crippen LogP contribution in [0.1, 0.15) is 38.1 Å². The second-order valence-electron chi connectivity index (χ2n) is 6.85. The number of hydrogen-bond acceptors (Lipinski definition) is 5. The summed E-state index contributed by atoms with van der Waals surface area (Å²) < 4.78 is 38.7. The summed E-state index contributed by atoms with van der Waals surface area (Å²) in [6, 6.07) is 10.9. The number of benzene rings is 2. The van der Waals surface area contributed by atoms with E-state index < -0.39 is 36.3 Å². The fourth-order valence-electron chi connectivity index (χ4n) is 2.79. The largest absolute Gasteiger partial charge is 0.416 e. The SMILES string of the molecule is O=C(Nc1ccc(Cl)c(C(=O)Nc2ccc(C(O)CO)nc2)c1)c1cccc(C(F)(F)F)c1. The zero-order chi connectivity index (χ0) is 24.2. The van der Waals surface area contributed by atoms with Gasteiger partial charge in [-0.15, -0.1) is 0 Å². The maximum absolute atomic E-state index is 12.9. The summed E-state index contributed by atoms with van der Waals surface area (Å²) in [6.07, 6.45) is -4.47. The van der Waals surface area contributed by atoms with E-state index in [0.717, 1.165) is 18.2 Å². The maximum atomic E-state index is 12.9. The van der Waals surface area contributed by atoms with Crippen molar-refractivity contribution in [3.05, 3.63) is 88.2 Å². The highest BCUT2D eigenvalue weighted by Gasteiger charge is 2.31. The molecule has 2 aromatic carbocycles. The predicted octanol–water partition coefficient (Wildman–Crippen LogP) is 4.28. The van der Waals surface area contributed by atoms with Gasteiger partial charge >= 0.3 is 6.18 Å². The van der Waals surface area contributed by atoms with Gasteiger partial charge in [0.05, 0.1) is 40.3 Å². The molecule has 1 aromatic heterocycles. The number of rotatable bonds is 6. The minimum Gasteiger partial charge on any atom is -0.393 e. The number of anilines is 2. The molecule has 0 saturated carbocycles. The fraction of sp³-hybridized carbons (Fsp3) is 0.136. The standard InChI is InChI=1S/C22H17ClF3N3O4/c23-17-6-4-14(28-20(32)12-2-1-3-13(8-12)22(24,25)26)9-16(17)21(33)29-15-5-7-18(27-10-15)19(31)11-30/h1-10,19,30-31H,11H2,(H,28,32)(H,29,33). The normalized spacial score (nSPS) is 12.2. The Morgan fingerprint density at radius 2 is 1.70 bits per heavy atom. The first kappa shape index (κ1) is 24.2. The molecule has 7 nitrogen and oxygen atoms in total. The van der Waals surface area contributed by atoms with Crippen molar-refractivity contribution in [2.75, 3.05) is 17.2 Å². The number of aromatic nitrogens is 1. The van der Waals surface area contributed by atoms with E-state index >= 15 is 0 Å². The van der Waals surface area contributed by atoms with Gasteiger partial charge in [0, 0.05) is 11.3 Å². The highest BCUT2D eigenvalue weighted by Crippen LogP contribution is 2.30. The molecule has 3 rings (SSSR count). The van der Waals surface area contributed by atoms with Crippen LogP contribution in [0.25, 0.3) is 0 Å². The minimum atomic E-state index is -4.59. The molecule has 0 fully saturated rings. The third kappa shape index (κ3) is 6.07. The Morgan fingerprint density at radius 1 is 1.00 bits per heavy atom. The lowest BCUT2D eigenvalue weighted by atomic mass is 10.1. The second-order valence-corrected chi connectivity index (χ2v) is 7.26. The van der Waals surface area contributed by atoms with Crippen molar-refractivity contribution in [2.45, 2.75) is 12.3 Å². The lowest BCUT2D eigenvalue weighted by Crippen LogP contribution is -2.16. The maximum Gasteiger partial charge on any atom is 0.416 e. The second kappa shape index (κ2) is 9.99. The molecule has 2 amide bonds. The molecule has 1 unspecified atom stereocenters. The van der Waals surface area contributed by atoms with Crippen molar-refractivity contribution in [3.8, 4) is 0 Å². The summed E-state index contributed by atoms with van der Waals surface area (Å²) in [6.45, 7) is -0.507. The number of amides is 2. The Balaban J connectivity index is 1.75. The monoisotopic (exact) mass is 479 g/mol. The Morgan fingerprint density at radius 3 is 2.33 bits per heavy atom. The van der Waals surface area contributed by atoms with Crippen LogP contribution in [0, 0.1) is 0 Å². The van der Waals surface area contributed by atoms with Crippen LogP contribution in [0.15, 0.2) is 60.8 Å². The van der Waals surface area contributed by atoms with Gasteiger partial charge in [0.1, 0.15) is 6.10 Å². The molecule has 0 aliphatic carbocycles. The lowest BCUT2D eigenvalue weighted by Gasteiger charge is -2.12. The molecule has 3 aromatic rings. The summed E-state index contributed by atoms with van der Waals surface area (Å²) in [5.74, 6) is -1.43. The molecule has 0 saturated heterocycles. The molecule has 4 N–H and O–H groups in total. The van der Waals surface area contributed by atoms with E-state index in [0.29, 0.717) is 0 Å². The zero-order valence-electron chi connectivity index (χ0n) is 16.7. The van der Waals surface area contributed by atoms with Crippen LogP contribution in [0.5, 0.6) is 0 Å². The highest BCUT2D eigenvalue weighted by atomic mass is 35.5. The third-order valence-electron chi connectivity index (χ3n) is 4.48. The molecule has 11 heteroatoms. The van der Waals surface area contributed by atoms with E-state index in [1.54, 1.807) is 0 Å². The van der Waals surface area contributed by atoms with Crippen molar-refractivity contribution < 1.29 is 33.0 Å². The first-order valence-corrected chi connectivity index (χ1v) is 9.80. The molecule has 0 aliphatic heterocycles. The molecule has 0 spiro atoms. The molecule has 1 heterocycles. The fourth-order valence-corrected chi connectivity index (χ4v) is 2.99. The topological polar surface area (TPSA) is 112 Å². The zero-order valence-corrected chi connectivity index (χ0v) is 17.5. The summed E-state index contributed by atoms with van der Waals surface area (Å²) in [7, 11) is 0. The molecule has 172 valence electrons. The quantitative estimate of drug-likeness (QED) is 0.421. The summed E-state index contributed by atoms with van der Waals surface area (Å²) in [5, 5.41) is 23.6. The Kier molecular flexibility index (Phi) is 7.32. The Labute approximate surface area is 190 Å². The van der Waals surface area contributed by atoms with E-state index in [1.807, 2.05) is 0 Å². The number of hydrogen-bond donors (Lipinski definition) is 4. The molecule has 0 radical (unpaired) electrons. The lowest BCUT2D eigenvalue weighted by molar-refractivity contribution is -0.137. The van der Waals surface area contributed by atoms with Crippen molar-refractivity contribution in [1.29, 1.82) is 0 Å². The van der Waals surface area contributed by atoms with E-state index in [9.17, 15) is 27.9 Å². The number of aliphatic hydroxyl groups excluding tert-OH is 2. The number of nitrogens with zero attached hydrogens (tertiary/aromatic N) is 1. The van der Waals surface area contributed by atoms with E-state index in [-0.39, 0.29) is 33.2 Å². The van der Waals surface area contributed by atoms with Gasteiger partial charge in [-0.3, -0.25) is 14.6 Å². The van der Waals surface area contributed by atoms with Crippen molar-refractivity contribution in [1.82, 2.24) is 4.98 Å². The van der Waals surface area contributed by atoms with Gasteiger partial charge in [0.15, 0.2) is 0 Å². The van der Waals surface area contributed by atoms with Crippen LogP contribution in [-0.4, -0.2) is 33.6 Å². The Bertz CT molecular complexity index is 1170. The first-order chi connectivity index (χ1) is 15.6. The number of aliphatic hydroxyl groups is 2. The van der Waals surface area contributed by atoms with Crippen LogP contribution < -0.4 is 10.6 Å². The molecule has 0 aliphatic rings. The number of pyridine rings is 1. The summed E-state index contributed by atoms with van der Waals surface area (Å²) >= 11 is 6.09. The number of carbonyl (C=O) groups is 2. The average molecular weight is 480 g/mol. The smallest absolute Gasteiger partial charge is 0.393 e. The molecule has 0 bridgehead atoms. The van der Waals surface area contributed by atoms with Gasteiger partial charge in [0.2, 0.25) is 0 Å². The van der Waals surface area contributed by atoms with E-state index in [1.165, 1.54) is 42.6 Å². The van der Waals surface area contributed by atoms with Gasteiger partial charge in [-0.2, -0.15) is 13.2 Å². The van der Waals surface area contributed by atoms with Gasteiger partial charge < -0.3 is 20.8 Å². The number of carbonyl (C=O) groups excluding carboxylic acids is 2. The third-order valence-corrected chi connectivity index (χ3v) is 4.81. The van der Waals surface area contributed by atoms with Crippen LogP contribution in [0.3, 0.4) is 0 Å². The number of halogens is 4. The van der Waals surface area contributed by atoms with Crippen molar-refractivity contribution in [2.24, 2.45) is 0 Å². The minimum absolute atomic E-state index is 0.00187. The van der Waals surface area contributed by atoms with E-state index in [2.05, 4.69) is 15.6 Å². The van der Waals surface area contributed by atoms with Gasteiger partial charge in [-0.25, -0.2) is 0 Å². The average Bonchev–Trinajstić information content (AvgIpc) is 2.79. The van der Waals surface area contributed by atoms with Crippen LogP contribution in [0.2, 0.25) is 5.02 Å². The highest BCUT2D eigenvalue weighted by molar-refractivity contribution is 6.34.